The van der Waals surface area contributed by atoms with Crippen molar-refractivity contribution < 1.29 is 34.4 Å². The van der Waals surface area contributed by atoms with Crippen molar-refractivity contribution in [3.05, 3.63) is 18.2 Å². The molecule has 9 heteroatoms. The fourth-order valence-electron chi connectivity index (χ4n) is 1.75. The Bertz CT molecular complexity index is 579. The van der Waals surface area contributed by atoms with Gasteiger partial charge in [0.15, 0.2) is 11.5 Å². The summed E-state index contributed by atoms with van der Waals surface area (Å²) in [6, 6.07) is 3.26. The number of aliphatic hydroxyl groups excluding tert-OH is 1. The maximum atomic E-state index is 11.8. The number of carbonyl (C=O) groups excluding carboxylic acids is 2. The third kappa shape index (κ3) is 5.60. The molecule has 0 aromatic heterocycles. The molecule has 1 unspecified atom stereocenters. The predicted molar refractivity (Wildman–Crippen MR) is 84.8 cm³/mol. The van der Waals surface area contributed by atoms with Crippen LogP contribution in [0.3, 0.4) is 0 Å². The van der Waals surface area contributed by atoms with Crippen LogP contribution >= 0.6 is 0 Å². The van der Waals surface area contributed by atoms with Crippen LogP contribution in [0.2, 0.25) is 0 Å². The van der Waals surface area contributed by atoms with Gasteiger partial charge in [0.05, 0.1) is 19.8 Å². The molecule has 0 aliphatic carbocycles. The van der Waals surface area contributed by atoms with E-state index < -0.39 is 24.0 Å². The molecule has 0 saturated heterocycles. The number of benzene rings is 1. The van der Waals surface area contributed by atoms with Crippen molar-refractivity contribution in [1.82, 2.24) is 5.32 Å². The summed E-state index contributed by atoms with van der Waals surface area (Å²) in [7, 11) is 1.41. The molecule has 0 radical (unpaired) electrons. The number of hydrogen-bond acceptors (Lipinski definition) is 7. The van der Waals surface area contributed by atoms with Crippen LogP contribution in [-0.2, 0) is 14.3 Å². The summed E-state index contributed by atoms with van der Waals surface area (Å²) in [5.41, 5.74) is -0.867. The predicted octanol–water partition coefficient (Wildman–Crippen LogP) is 0.407. The Balaban J connectivity index is 2.35. The summed E-state index contributed by atoms with van der Waals surface area (Å²) in [5, 5.41) is 32.6. The van der Waals surface area contributed by atoms with E-state index in [0.717, 1.165) is 0 Å². The van der Waals surface area contributed by atoms with E-state index in [1.807, 2.05) is 0 Å². The second-order valence-electron chi connectivity index (χ2n) is 5.37. The van der Waals surface area contributed by atoms with Crippen molar-refractivity contribution in [2.75, 3.05) is 38.8 Å². The number of phenols is 2. The number of amides is 2. The Labute approximate surface area is 139 Å². The number of urea groups is 1. The molecule has 0 saturated carbocycles. The van der Waals surface area contributed by atoms with Crippen molar-refractivity contribution in [3.63, 3.8) is 0 Å². The van der Waals surface area contributed by atoms with Gasteiger partial charge in [0, 0.05) is 18.9 Å². The molecule has 9 nitrogen and oxygen atoms in total. The highest BCUT2D eigenvalue weighted by atomic mass is 16.5. The maximum absolute atomic E-state index is 11.8. The summed E-state index contributed by atoms with van der Waals surface area (Å²) in [4.78, 5) is 23.5. The van der Waals surface area contributed by atoms with Crippen molar-refractivity contribution >= 4 is 17.7 Å². The standard InChI is InChI=1S/C15H22N2O7/c1-15(8-18,9-23-2)13(21)24-6-5-16-14(22)17-10-3-4-11(19)12(20)7-10/h3-4,7,18-20H,5-6,8-9H2,1-2H3,(H2,16,17,22). The Morgan fingerprint density at radius 2 is 1.96 bits per heavy atom. The number of aliphatic hydroxyl groups is 1. The van der Waals surface area contributed by atoms with E-state index in [1.54, 1.807) is 0 Å². The number of carbonyl (C=O) groups is 2. The fraction of sp³-hybridized carbons (Fsp3) is 0.467. The van der Waals surface area contributed by atoms with Crippen molar-refractivity contribution in [1.29, 1.82) is 0 Å². The van der Waals surface area contributed by atoms with Crippen LogP contribution in [-0.4, -0.2) is 60.8 Å². The van der Waals surface area contributed by atoms with Gasteiger partial charge < -0.3 is 35.4 Å². The van der Waals surface area contributed by atoms with E-state index in [9.17, 15) is 24.9 Å². The van der Waals surface area contributed by atoms with Gasteiger partial charge in [-0.2, -0.15) is 0 Å². The van der Waals surface area contributed by atoms with E-state index in [2.05, 4.69) is 10.6 Å². The molecule has 2 amide bonds. The molecule has 0 heterocycles. The van der Waals surface area contributed by atoms with E-state index in [4.69, 9.17) is 9.47 Å². The maximum Gasteiger partial charge on any atom is 0.319 e. The molecule has 0 fully saturated rings. The average molecular weight is 342 g/mol. The van der Waals surface area contributed by atoms with Crippen molar-refractivity contribution in [2.45, 2.75) is 6.92 Å². The van der Waals surface area contributed by atoms with E-state index in [0.29, 0.717) is 0 Å². The fourth-order valence-corrected chi connectivity index (χ4v) is 1.75. The Morgan fingerprint density at radius 3 is 2.54 bits per heavy atom. The quantitative estimate of drug-likeness (QED) is 0.200. The van der Waals surface area contributed by atoms with Gasteiger partial charge in [-0.1, -0.05) is 0 Å². The first-order valence-electron chi connectivity index (χ1n) is 7.16. The number of hydrogen-bond donors (Lipinski definition) is 5. The highest BCUT2D eigenvalue weighted by Crippen LogP contribution is 2.27. The number of esters is 1. The topological polar surface area (TPSA) is 137 Å². The SMILES string of the molecule is COCC(C)(CO)C(=O)OCCNC(=O)Nc1ccc(O)c(O)c1. The zero-order valence-electron chi connectivity index (χ0n) is 13.5. The number of phenolic OH excluding ortho intramolecular Hbond substituents is 2. The highest BCUT2D eigenvalue weighted by molar-refractivity contribution is 5.89. The minimum atomic E-state index is -1.15. The summed E-state index contributed by atoms with van der Waals surface area (Å²) >= 11 is 0. The second kappa shape index (κ2) is 8.94. The molecule has 5 N–H and O–H groups in total. The molecule has 0 aliphatic heterocycles. The van der Waals surface area contributed by atoms with Gasteiger partial charge in [0.25, 0.3) is 0 Å². The lowest BCUT2D eigenvalue weighted by Gasteiger charge is -2.23. The third-order valence-corrected chi connectivity index (χ3v) is 3.16. The Morgan fingerprint density at radius 1 is 1.25 bits per heavy atom. The smallest absolute Gasteiger partial charge is 0.319 e. The minimum absolute atomic E-state index is 0.0145. The molecule has 24 heavy (non-hydrogen) atoms. The van der Waals surface area contributed by atoms with Crippen LogP contribution < -0.4 is 10.6 Å². The first-order chi connectivity index (χ1) is 11.3. The van der Waals surface area contributed by atoms with Crippen molar-refractivity contribution in [3.8, 4) is 11.5 Å². The van der Waals surface area contributed by atoms with Crippen LogP contribution in [0.4, 0.5) is 10.5 Å². The summed E-state index contributed by atoms with van der Waals surface area (Å²) < 4.78 is 9.86. The van der Waals surface area contributed by atoms with Crippen LogP contribution in [0.15, 0.2) is 18.2 Å². The summed E-state index contributed by atoms with van der Waals surface area (Å²) in [5.74, 6) is -1.28. The van der Waals surface area contributed by atoms with Crippen LogP contribution in [0.1, 0.15) is 6.92 Å². The third-order valence-electron chi connectivity index (χ3n) is 3.16. The first-order valence-corrected chi connectivity index (χ1v) is 7.16. The molecule has 1 aromatic carbocycles. The lowest BCUT2D eigenvalue weighted by Crippen LogP contribution is -2.39. The van der Waals surface area contributed by atoms with Crippen LogP contribution in [0.25, 0.3) is 0 Å². The molecule has 0 spiro atoms. The lowest BCUT2D eigenvalue weighted by atomic mass is 9.93. The number of nitrogens with one attached hydrogen (secondary N) is 2. The first kappa shape index (κ1) is 19.5. The zero-order valence-corrected chi connectivity index (χ0v) is 13.5. The number of ether oxygens (including phenoxy) is 2. The van der Waals surface area contributed by atoms with E-state index >= 15 is 0 Å². The van der Waals surface area contributed by atoms with Gasteiger partial charge in [-0.3, -0.25) is 4.79 Å². The second-order valence-corrected chi connectivity index (χ2v) is 5.37. The number of aromatic hydroxyl groups is 2. The molecular weight excluding hydrogens is 320 g/mol. The van der Waals surface area contributed by atoms with Gasteiger partial charge in [-0.25, -0.2) is 4.79 Å². The van der Waals surface area contributed by atoms with Gasteiger partial charge in [0.1, 0.15) is 12.0 Å². The minimum Gasteiger partial charge on any atom is -0.504 e. The zero-order chi connectivity index (χ0) is 18.2. The average Bonchev–Trinajstić information content (AvgIpc) is 2.55. The number of methoxy groups -OCH3 is 1. The highest BCUT2D eigenvalue weighted by Gasteiger charge is 2.34. The van der Waals surface area contributed by atoms with Gasteiger partial charge >= 0.3 is 12.0 Å². The van der Waals surface area contributed by atoms with E-state index in [-0.39, 0.29) is 36.9 Å². The van der Waals surface area contributed by atoms with Crippen molar-refractivity contribution in [2.24, 2.45) is 5.41 Å². The van der Waals surface area contributed by atoms with Crippen LogP contribution in [0.5, 0.6) is 11.5 Å². The molecule has 1 atom stereocenters. The number of rotatable bonds is 8. The normalized spacial score (nSPS) is 13.0. The van der Waals surface area contributed by atoms with E-state index in [1.165, 1.54) is 32.2 Å². The molecule has 0 bridgehead atoms. The van der Waals surface area contributed by atoms with Gasteiger partial charge in [-0.05, 0) is 19.1 Å². The molecular formula is C15H22N2O7. The molecule has 0 aliphatic rings. The molecule has 134 valence electrons. The molecule has 1 rings (SSSR count). The van der Waals surface area contributed by atoms with Crippen LogP contribution in [0, 0.1) is 5.41 Å². The molecule has 1 aromatic rings. The monoisotopic (exact) mass is 342 g/mol. The summed E-state index contributed by atoms with van der Waals surface area (Å²) in [6.45, 7) is 1.08. The Kier molecular flexibility index (Phi) is 7.28. The summed E-state index contributed by atoms with van der Waals surface area (Å²) in [6.07, 6.45) is 0. The Hall–Kier alpha value is -2.52. The van der Waals surface area contributed by atoms with Gasteiger partial charge in [-0.15, -0.1) is 0 Å². The van der Waals surface area contributed by atoms with Gasteiger partial charge in [0.2, 0.25) is 0 Å². The number of anilines is 1. The largest absolute Gasteiger partial charge is 0.504 e. The lowest BCUT2D eigenvalue weighted by molar-refractivity contribution is -0.160.